The molecule has 28 heavy (non-hydrogen) atoms. The predicted molar refractivity (Wildman–Crippen MR) is 96.7 cm³/mol. The van der Waals surface area contributed by atoms with Crippen LogP contribution in [0.2, 0.25) is 0 Å². The third kappa shape index (κ3) is 3.95. The molecule has 3 heterocycles. The second-order valence-electron chi connectivity index (χ2n) is 5.39. The average Bonchev–Trinajstić information content (AvgIpc) is 2.92. The molecule has 0 atom stereocenters. The summed E-state index contributed by atoms with van der Waals surface area (Å²) in [6, 6.07) is 7.55. The van der Waals surface area contributed by atoms with Crippen LogP contribution in [0.1, 0.15) is 5.56 Å². The molecule has 3 N–H and O–H groups in total. The van der Waals surface area contributed by atoms with Crippen molar-refractivity contribution in [1.82, 2.24) is 15.0 Å². The summed E-state index contributed by atoms with van der Waals surface area (Å²) in [5.74, 6) is -0.777. The normalized spacial score (nSPS) is 11.3. The van der Waals surface area contributed by atoms with Crippen molar-refractivity contribution >= 4 is 47.7 Å². The van der Waals surface area contributed by atoms with Gasteiger partial charge in [0.2, 0.25) is 0 Å². The number of aromatic amines is 1. The van der Waals surface area contributed by atoms with E-state index in [1.807, 2.05) is 4.98 Å². The molecular formula is C16H8BrF3N3NaO3S. The van der Waals surface area contributed by atoms with E-state index in [1.165, 1.54) is 0 Å². The molecule has 1 aromatic carbocycles. The van der Waals surface area contributed by atoms with Gasteiger partial charge in [0, 0.05) is 10.0 Å². The van der Waals surface area contributed by atoms with Crippen molar-refractivity contribution in [3.63, 3.8) is 0 Å². The molecule has 0 fully saturated rings. The van der Waals surface area contributed by atoms with Crippen molar-refractivity contribution in [2.24, 2.45) is 0 Å². The third-order valence-electron chi connectivity index (χ3n) is 3.72. The van der Waals surface area contributed by atoms with Gasteiger partial charge in [-0.1, -0.05) is 28.1 Å². The molecule has 0 saturated heterocycles. The number of fused-ring (bicyclic) bond motifs is 3. The van der Waals surface area contributed by atoms with Gasteiger partial charge in [0.25, 0.3) is 0 Å². The Labute approximate surface area is 189 Å². The molecule has 0 spiro atoms. The van der Waals surface area contributed by atoms with Gasteiger partial charge < -0.3 is 15.6 Å². The maximum atomic E-state index is 13.7. The first-order valence-electron chi connectivity index (χ1n) is 7.12. The number of alkyl halides is 3. The fourth-order valence-corrected chi connectivity index (χ4v) is 3.92. The Bertz CT molecular complexity index is 1230. The number of nitrogens with one attached hydrogen (secondary N) is 1. The van der Waals surface area contributed by atoms with E-state index in [0.717, 1.165) is 21.9 Å². The van der Waals surface area contributed by atoms with Crippen LogP contribution in [-0.4, -0.2) is 20.4 Å². The van der Waals surface area contributed by atoms with Crippen molar-refractivity contribution in [3.8, 4) is 17.1 Å². The zero-order valence-corrected chi connectivity index (χ0v) is 18.4. The summed E-state index contributed by atoms with van der Waals surface area (Å²) in [5, 5.41) is 11.6. The smallest absolute Gasteiger partial charge is 0.859 e. The molecular weight excluding hydrogens is 474 g/mol. The van der Waals surface area contributed by atoms with E-state index >= 15 is 0 Å². The van der Waals surface area contributed by atoms with E-state index in [-0.39, 0.29) is 61.2 Å². The van der Waals surface area contributed by atoms with Gasteiger partial charge in [-0.15, -0.1) is 11.3 Å². The number of halogens is 4. The molecule has 0 amide bonds. The Kier molecular flexibility index (Phi) is 6.58. The van der Waals surface area contributed by atoms with Gasteiger partial charge >= 0.3 is 41.4 Å². The molecule has 0 radical (unpaired) electrons. The maximum absolute atomic E-state index is 13.7. The number of H-pyrrole nitrogens is 1. The number of aromatic nitrogens is 3. The van der Waals surface area contributed by atoms with E-state index in [2.05, 4.69) is 25.9 Å². The molecule has 140 valence electrons. The molecule has 3 aromatic heterocycles. The predicted octanol–water partition coefficient (Wildman–Crippen LogP) is 0.234. The fraction of sp³-hybridized carbons (Fsp3) is 0.0625. The van der Waals surface area contributed by atoms with Gasteiger partial charge in [0.15, 0.2) is 0 Å². The minimum Gasteiger partial charge on any atom is -0.859 e. The molecule has 0 unspecified atom stereocenters. The first-order valence-corrected chi connectivity index (χ1v) is 8.73. The SMILES string of the molecule is O.O=c1nc2c(sc3nc(-c4ccc(Br)cc4)cc(C(F)(F)F)c32)c([O-])[nH]1.[Na+]. The van der Waals surface area contributed by atoms with Crippen molar-refractivity contribution in [3.05, 3.63) is 50.9 Å². The average molecular weight is 482 g/mol. The van der Waals surface area contributed by atoms with Crippen molar-refractivity contribution in [2.45, 2.75) is 6.18 Å². The summed E-state index contributed by atoms with van der Waals surface area (Å²) < 4.78 is 41.7. The van der Waals surface area contributed by atoms with Crippen LogP contribution < -0.4 is 40.4 Å². The second kappa shape index (κ2) is 8.09. The summed E-state index contributed by atoms with van der Waals surface area (Å²) in [7, 11) is 0. The van der Waals surface area contributed by atoms with Crippen LogP contribution >= 0.6 is 27.3 Å². The van der Waals surface area contributed by atoms with Crippen LogP contribution in [0.4, 0.5) is 13.2 Å². The van der Waals surface area contributed by atoms with E-state index < -0.39 is 23.3 Å². The minimum atomic E-state index is -4.70. The first kappa shape index (κ1) is 22.8. The summed E-state index contributed by atoms with van der Waals surface area (Å²) in [4.78, 5) is 21.2. The molecule has 4 aromatic rings. The number of rotatable bonds is 1. The third-order valence-corrected chi connectivity index (χ3v) is 5.32. The van der Waals surface area contributed by atoms with Gasteiger partial charge in [0.05, 0.1) is 26.9 Å². The van der Waals surface area contributed by atoms with Crippen LogP contribution in [0.5, 0.6) is 5.88 Å². The van der Waals surface area contributed by atoms with Crippen molar-refractivity contribution < 1.29 is 53.3 Å². The van der Waals surface area contributed by atoms with Crippen molar-refractivity contribution in [2.75, 3.05) is 0 Å². The summed E-state index contributed by atoms with van der Waals surface area (Å²) in [6.45, 7) is 0. The minimum absolute atomic E-state index is 0. The summed E-state index contributed by atoms with van der Waals surface area (Å²) in [6.07, 6.45) is -4.70. The zero-order valence-electron chi connectivity index (χ0n) is 14.0. The van der Waals surface area contributed by atoms with E-state index in [4.69, 9.17) is 0 Å². The standard InChI is InChI=1S/C16H7BrF3N3O2S.Na.H2O/c17-7-3-1-6(2-4-7)9-5-8(16(18,19)20)10-11-12(26-14(10)21-9)13(24)23-15(25)22-11;;/h1-5H,(H2,22,23,24,25);;1H2/q;+1;/p-1. The molecule has 6 nitrogen and oxygen atoms in total. The second-order valence-corrected chi connectivity index (χ2v) is 7.31. The molecule has 0 bridgehead atoms. The van der Waals surface area contributed by atoms with E-state index in [9.17, 15) is 23.1 Å². The number of hydrogen-bond acceptors (Lipinski definition) is 5. The topological polar surface area (TPSA) is 113 Å². The number of pyridine rings is 1. The molecule has 4 rings (SSSR count). The van der Waals surface area contributed by atoms with E-state index in [0.29, 0.717) is 5.56 Å². The molecule has 0 aliphatic rings. The maximum Gasteiger partial charge on any atom is 1.00 e. The fourth-order valence-electron chi connectivity index (χ4n) is 2.62. The zero-order chi connectivity index (χ0) is 18.6. The van der Waals surface area contributed by atoms with Gasteiger partial charge in [0.1, 0.15) is 4.83 Å². The quantitative estimate of drug-likeness (QED) is 0.392. The molecule has 12 heteroatoms. The Morgan fingerprint density at radius 3 is 2.39 bits per heavy atom. The molecule has 0 aliphatic heterocycles. The van der Waals surface area contributed by atoms with E-state index in [1.54, 1.807) is 24.3 Å². The summed E-state index contributed by atoms with van der Waals surface area (Å²) >= 11 is 4.04. The number of nitrogens with zero attached hydrogens (tertiary/aromatic N) is 2. The van der Waals surface area contributed by atoms with Crippen LogP contribution in [0.3, 0.4) is 0 Å². The van der Waals surface area contributed by atoms with Crippen LogP contribution in [0.15, 0.2) is 39.6 Å². The molecule has 0 saturated carbocycles. The van der Waals surface area contributed by atoms with Gasteiger partial charge in [-0.05, 0) is 24.1 Å². The van der Waals surface area contributed by atoms with Crippen LogP contribution in [0, 0.1) is 0 Å². The van der Waals surface area contributed by atoms with Gasteiger partial charge in [-0.25, -0.2) is 9.78 Å². The number of hydrogen-bond donors (Lipinski definition) is 1. The number of benzene rings is 1. The largest absolute Gasteiger partial charge is 1.00 e. The molecule has 0 aliphatic carbocycles. The Morgan fingerprint density at radius 1 is 1.14 bits per heavy atom. The number of thiophene rings is 1. The van der Waals surface area contributed by atoms with Crippen LogP contribution in [-0.2, 0) is 6.18 Å². The Morgan fingerprint density at radius 2 is 1.79 bits per heavy atom. The van der Waals surface area contributed by atoms with Gasteiger partial charge in [-0.2, -0.15) is 18.2 Å². The monoisotopic (exact) mass is 481 g/mol. The summed E-state index contributed by atoms with van der Waals surface area (Å²) in [5.41, 5.74) is -1.65. The van der Waals surface area contributed by atoms with Crippen molar-refractivity contribution in [1.29, 1.82) is 0 Å². The Balaban J connectivity index is 0.00000140. The van der Waals surface area contributed by atoms with Crippen LogP contribution in [0.25, 0.3) is 31.7 Å². The first-order chi connectivity index (χ1) is 12.2. The Hall–Kier alpha value is -1.50. The van der Waals surface area contributed by atoms with Gasteiger partial charge in [-0.3, -0.25) is 0 Å².